The van der Waals surface area contributed by atoms with Crippen LogP contribution in [0.15, 0.2) is 27.1 Å². The second kappa shape index (κ2) is 5.84. The predicted molar refractivity (Wildman–Crippen MR) is 75.3 cm³/mol. The highest BCUT2D eigenvalue weighted by Gasteiger charge is 2.21. The van der Waals surface area contributed by atoms with Crippen molar-refractivity contribution in [2.24, 2.45) is 0 Å². The topological polar surface area (TPSA) is 58.2 Å². The number of hydrogen-bond donors (Lipinski definition) is 2. The van der Waals surface area contributed by atoms with Crippen LogP contribution in [0.4, 0.5) is 0 Å². The third-order valence-electron chi connectivity index (χ3n) is 2.77. The van der Waals surface area contributed by atoms with Gasteiger partial charge in [-0.25, -0.2) is 0 Å². The molecule has 1 aromatic carbocycles. The average molecular weight is 376 g/mol. The van der Waals surface area contributed by atoms with E-state index in [0.717, 1.165) is 15.4 Å². The Hall–Kier alpha value is -0.880. The Balaban J connectivity index is 1.95. The van der Waals surface area contributed by atoms with E-state index in [1.165, 1.54) is 0 Å². The first-order valence-electron chi connectivity index (χ1n) is 5.59. The van der Waals surface area contributed by atoms with Crippen molar-refractivity contribution in [3.8, 4) is 0 Å². The number of hydrogen-bond acceptors (Lipinski definition) is 2. The highest BCUT2D eigenvalue weighted by atomic mass is 79.9. The zero-order chi connectivity index (χ0) is 13.1. The fourth-order valence-corrected chi connectivity index (χ4v) is 2.60. The van der Waals surface area contributed by atoms with Gasteiger partial charge in [0, 0.05) is 28.0 Å². The third kappa shape index (κ3) is 3.32. The van der Waals surface area contributed by atoms with Gasteiger partial charge in [0.1, 0.15) is 0 Å². The Morgan fingerprint density at radius 1 is 1.44 bits per heavy atom. The molecule has 6 heteroatoms. The van der Waals surface area contributed by atoms with E-state index >= 15 is 0 Å². The number of rotatable bonds is 3. The van der Waals surface area contributed by atoms with Crippen LogP contribution in [0.1, 0.15) is 23.2 Å². The lowest BCUT2D eigenvalue weighted by Crippen LogP contribution is -2.38. The predicted octanol–water partition coefficient (Wildman–Crippen LogP) is 2.22. The van der Waals surface area contributed by atoms with Crippen LogP contribution in [0.5, 0.6) is 0 Å². The summed E-state index contributed by atoms with van der Waals surface area (Å²) in [5.41, 5.74) is 0.577. The minimum absolute atomic E-state index is 0.0485. The van der Waals surface area contributed by atoms with Crippen LogP contribution in [0, 0.1) is 0 Å². The molecule has 1 saturated heterocycles. The van der Waals surface area contributed by atoms with Crippen molar-refractivity contribution in [1.29, 1.82) is 0 Å². The van der Waals surface area contributed by atoms with E-state index in [4.69, 9.17) is 0 Å². The molecule has 4 nitrogen and oxygen atoms in total. The Kier molecular flexibility index (Phi) is 4.40. The van der Waals surface area contributed by atoms with Gasteiger partial charge < -0.3 is 10.6 Å². The Labute approximate surface area is 122 Å². The van der Waals surface area contributed by atoms with E-state index < -0.39 is 0 Å². The van der Waals surface area contributed by atoms with Crippen LogP contribution in [0.25, 0.3) is 0 Å². The standard InChI is InChI=1S/C12H12Br2N2O2/c13-7-1-3-10(14)9(5-7)12(18)15-6-8-2-4-11(17)16-8/h1,3,5,8H,2,4,6H2,(H,15,18)(H,16,17). The van der Waals surface area contributed by atoms with Crippen molar-refractivity contribution in [1.82, 2.24) is 10.6 Å². The molecule has 2 N–H and O–H groups in total. The molecule has 0 radical (unpaired) electrons. The van der Waals surface area contributed by atoms with E-state index in [9.17, 15) is 9.59 Å². The summed E-state index contributed by atoms with van der Waals surface area (Å²) in [7, 11) is 0. The Morgan fingerprint density at radius 3 is 2.89 bits per heavy atom. The summed E-state index contributed by atoms with van der Waals surface area (Å²) in [5, 5.41) is 5.64. The molecule has 1 heterocycles. The summed E-state index contributed by atoms with van der Waals surface area (Å²) in [4.78, 5) is 23.0. The molecular weight excluding hydrogens is 364 g/mol. The minimum atomic E-state index is -0.149. The number of nitrogens with one attached hydrogen (secondary N) is 2. The summed E-state index contributed by atoms with van der Waals surface area (Å²) < 4.78 is 1.60. The van der Waals surface area contributed by atoms with E-state index in [0.29, 0.717) is 18.5 Å². The molecule has 1 fully saturated rings. The lowest BCUT2D eigenvalue weighted by atomic mass is 10.2. The molecule has 1 aliphatic heterocycles. The lowest BCUT2D eigenvalue weighted by Gasteiger charge is -2.12. The van der Waals surface area contributed by atoms with Crippen LogP contribution in [-0.4, -0.2) is 24.4 Å². The van der Waals surface area contributed by atoms with E-state index in [-0.39, 0.29) is 17.9 Å². The first-order valence-corrected chi connectivity index (χ1v) is 7.17. The van der Waals surface area contributed by atoms with Gasteiger partial charge in [-0.3, -0.25) is 9.59 Å². The molecule has 0 saturated carbocycles. The highest BCUT2D eigenvalue weighted by Crippen LogP contribution is 2.21. The molecule has 18 heavy (non-hydrogen) atoms. The van der Waals surface area contributed by atoms with Crippen molar-refractivity contribution in [3.05, 3.63) is 32.7 Å². The lowest BCUT2D eigenvalue weighted by molar-refractivity contribution is -0.119. The summed E-state index contributed by atoms with van der Waals surface area (Å²) in [6, 6.07) is 5.48. The van der Waals surface area contributed by atoms with Crippen LogP contribution >= 0.6 is 31.9 Å². The smallest absolute Gasteiger partial charge is 0.252 e. The first kappa shape index (κ1) is 13.5. The van der Waals surface area contributed by atoms with Crippen molar-refractivity contribution >= 4 is 43.7 Å². The Bertz CT molecular complexity index is 491. The molecule has 1 unspecified atom stereocenters. The highest BCUT2D eigenvalue weighted by molar-refractivity contribution is 9.11. The monoisotopic (exact) mass is 374 g/mol. The number of carbonyl (C=O) groups is 2. The molecule has 0 aromatic heterocycles. The second-order valence-electron chi connectivity index (χ2n) is 4.14. The maximum absolute atomic E-state index is 12.0. The summed E-state index contributed by atoms with van der Waals surface area (Å²) in [6.45, 7) is 0.462. The zero-order valence-electron chi connectivity index (χ0n) is 9.50. The fourth-order valence-electron chi connectivity index (χ4n) is 1.81. The summed E-state index contributed by atoms with van der Waals surface area (Å²) >= 11 is 6.67. The van der Waals surface area contributed by atoms with Gasteiger partial charge in [0.25, 0.3) is 5.91 Å². The first-order chi connectivity index (χ1) is 8.56. The van der Waals surface area contributed by atoms with E-state index in [1.54, 1.807) is 6.07 Å². The van der Waals surface area contributed by atoms with Crippen molar-refractivity contribution in [2.45, 2.75) is 18.9 Å². The summed E-state index contributed by atoms with van der Waals surface area (Å²) in [5.74, 6) is -0.0952. The van der Waals surface area contributed by atoms with Crippen molar-refractivity contribution < 1.29 is 9.59 Å². The van der Waals surface area contributed by atoms with E-state index in [2.05, 4.69) is 42.5 Å². The molecular formula is C12H12Br2N2O2. The molecule has 1 aromatic rings. The van der Waals surface area contributed by atoms with Gasteiger partial charge in [0.15, 0.2) is 0 Å². The van der Waals surface area contributed by atoms with Crippen LogP contribution in [0.3, 0.4) is 0 Å². The fraction of sp³-hybridized carbons (Fsp3) is 0.333. The van der Waals surface area contributed by atoms with Gasteiger partial charge in [-0.05, 0) is 40.5 Å². The van der Waals surface area contributed by atoms with Gasteiger partial charge in [-0.15, -0.1) is 0 Å². The molecule has 0 bridgehead atoms. The number of carbonyl (C=O) groups excluding carboxylic acids is 2. The van der Waals surface area contributed by atoms with Crippen molar-refractivity contribution in [3.63, 3.8) is 0 Å². The Morgan fingerprint density at radius 2 is 2.22 bits per heavy atom. The molecule has 1 atom stereocenters. The molecule has 1 aliphatic rings. The van der Waals surface area contributed by atoms with Crippen LogP contribution in [-0.2, 0) is 4.79 Å². The van der Waals surface area contributed by atoms with Gasteiger partial charge in [0.2, 0.25) is 5.91 Å². The zero-order valence-corrected chi connectivity index (χ0v) is 12.7. The third-order valence-corrected chi connectivity index (χ3v) is 3.95. The SMILES string of the molecule is O=C1CCC(CNC(=O)c2cc(Br)ccc2Br)N1. The molecule has 0 aliphatic carbocycles. The molecule has 2 rings (SSSR count). The van der Waals surface area contributed by atoms with Crippen LogP contribution < -0.4 is 10.6 Å². The molecule has 2 amide bonds. The quantitative estimate of drug-likeness (QED) is 0.850. The molecule has 0 spiro atoms. The molecule has 96 valence electrons. The van der Waals surface area contributed by atoms with Crippen molar-refractivity contribution in [2.75, 3.05) is 6.54 Å². The minimum Gasteiger partial charge on any atom is -0.352 e. The maximum Gasteiger partial charge on any atom is 0.252 e. The maximum atomic E-state index is 12.0. The summed E-state index contributed by atoms with van der Waals surface area (Å²) in [6.07, 6.45) is 1.32. The van der Waals surface area contributed by atoms with Gasteiger partial charge in [-0.2, -0.15) is 0 Å². The number of halogens is 2. The normalized spacial score (nSPS) is 18.6. The van der Waals surface area contributed by atoms with Gasteiger partial charge in [-0.1, -0.05) is 15.9 Å². The van der Waals surface area contributed by atoms with Crippen LogP contribution in [0.2, 0.25) is 0 Å². The number of amides is 2. The average Bonchev–Trinajstić information content (AvgIpc) is 2.75. The second-order valence-corrected chi connectivity index (χ2v) is 5.91. The largest absolute Gasteiger partial charge is 0.352 e. The number of benzene rings is 1. The van der Waals surface area contributed by atoms with E-state index in [1.807, 2.05) is 12.1 Å². The van der Waals surface area contributed by atoms with Gasteiger partial charge >= 0.3 is 0 Å². The van der Waals surface area contributed by atoms with Gasteiger partial charge in [0.05, 0.1) is 5.56 Å².